The average molecular weight is 336 g/mol. The van der Waals surface area contributed by atoms with Crippen molar-refractivity contribution in [3.8, 4) is 22.5 Å². The number of rotatable bonds is 2. The fourth-order valence-corrected chi connectivity index (χ4v) is 3.55. The van der Waals surface area contributed by atoms with Crippen LogP contribution < -0.4 is 0 Å². The third kappa shape index (κ3) is 2.17. The highest BCUT2D eigenvalue weighted by Crippen LogP contribution is 2.36. The van der Waals surface area contributed by atoms with Gasteiger partial charge in [0.2, 0.25) is 0 Å². The summed E-state index contributed by atoms with van der Waals surface area (Å²) in [6.07, 6.45) is 3.71. The number of hydrogen-bond acceptors (Lipinski definition) is 2. The van der Waals surface area contributed by atoms with Gasteiger partial charge in [-0.2, -0.15) is 5.10 Å². The van der Waals surface area contributed by atoms with Crippen molar-refractivity contribution in [3.05, 3.63) is 60.1 Å². The van der Waals surface area contributed by atoms with E-state index in [-0.39, 0.29) is 0 Å². The van der Waals surface area contributed by atoms with Crippen LogP contribution in [0.2, 0.25) is 0 Å². The Hall–Kier alpha value is -3.02. The molecule has 4 aromatic rings. The zero-order valence-electron chi connectivity index (χ0n) is 13.3. The molecule has 25 heavy (non-hydrogen) atoms. The van der Waals surface area contributed by atoms with E-state index in [0.717, 1.165) is 53.4 Å². The molecule has 0 bridgehead atoms. The van der Waals surface area contributed by atoms with Crippen LogP contribution in [0.15, 0.2) is 42.6 Å². The van der Waals surface area contributed by atoms with E-state index in [1.807, 2.05) is 18.2 Å². The molecule has 0 amide bonds. The smallest absolute Gasteiger partial charge is 0.159 e. The van der Waals surface area contributed by atoms with Crippen LogP contribution in [-0.4, -0.2) is 19.7 Å². The van der Waals surface area contributed by atoms with Gasteiger partial charge in [0.25, 0.3) is 0 Å². The number of nitrogens with one attached hydrogen (secondary N) is 1. The summed E-state index contributed by atoms with van der Waals surface area (Å²) in [5, 5.41) is 8.06. The molecule has 5 rings (SSSR count). The number of benzene rings is 2. The fourth-order valence-electron chi connectivity index (χ4n) is 3.55. The molecule has 4 nitrogen and oxygen atoms in total. The van der Waals surface area contributed by atoms with Crippen molar-refractivity contribution >= 4 is 10.9 Å². The van der Waals surface area contributed by atoms with Gasteiger partial charge >= 0.3 is 0 Å². The third-order valence-electron chi connectivity index (χ3n) is 4.74. The summed E-state index contributed by atoms with van der Waals surface area (Å²) in [6.45, 7) is 0.877. The molecule has 0 spiro atoms. The van der Waals surface area contributed by atoms with Gasteiger partial charge in [0.15, 0.2) is 11.6 Å². The molecular weight excluding hydrogens is 322 g/mol. The SMILES string of the molecule is Fc1ccc(-c2nc3n(c2-c2ccc4cn[nH]c4c2)CCC3)cc1F. The summed E-state index contributed by atoms with van der Waals surface area (Å²) in [5.74, 6) is -0.726. The van der Waals surface area contributed by atoms with Gasteiger partial charge in [-0.05, 0) is 30.7 Å². The number of nitrogens with zero attached hydrogens (tertiary/aromatic N) is 3. The molecule has 1 aliphatic heterocycles. The van der Waals surface area contributed by atoms with Crippen LogP contribution in [0.25, 0.3) is 33.4 Å². The number of hydrogen-bond donors (Lipinski definition) is 1. The van der Waals surface area contributed by atoms with Crippen molar-refractivity contribution in [2.75, 3.05) is 0 Å². The molecule has 0 saturated heterocycles. The highest BCUT2D eigenvalue weighted by Gasteiger charge is 2.24. The van der Waals surface area contributed by atoms with Gasteiger partial charge in [0.1, 0.15) is 5.82 Å². The Morgan fingerprint density at radius 3 is 2.76 bits per heavy atom. The Balaban J connectivity index is 1.76. The molecule has 2 aromatic heterocycles. The summed E-state index contributed by atoms with van der Waals surface area (Å²) < 4.78 is 29.2. The second-order valence-electron chi connectivity index (χ2n) is 6.28. The number of H-pyrrole nitrogens is 1. The molecule has 124 valence electrons. The predicted molar refractivity (Wildman–Crippen MR) is 91.0 cm³/mol. The molecule has 1 aliphatic rings. The highest BCUT2D eigenvalue weighted by atomic mass is 19.2. The Morgan fingerprint density at radius 1 is 1.00 bits per heavy atom. The van der Waals surface area contributed by atoms with E-state index in [9.17, 15) is 8.78 Å². The van der Waals surface area contributed by atoms with E-state index >= 15 is 0 Å². The lowest BCUT2D eigenvalue weighted by molar-refractivity contribution is 0.509. The van der Waals surface area contributed by atoms with E-state index in [2.05, 4.69) is 14.8 Å². The van der Waals surface area contributed by atoms with Gasteiger partial charge < -0.3 is 4.57 Å². The van der Waals surface area contributed by atoms with E-state index in [0.29, 0.717) is 11.3 Å². The van der Waals surface area contributed by atoms with Crippen LogP contribution in [0.3, 0.4) is 0 Å². The molecule has 0 saturated carbocycles. The highest BCUT2D eigenvalue weighted by molar-refractivity contribution is 5.87. The zero-order valence-corrected chi connectivity index (χ0v) is 13.3. The monoisotopic (exact) mass is 336 g/mol. The first-order valence-electron chi connectivity index (χ1n) is 8.19. The van der Waals surface area contributed by atoms with Crippen LogP contribution in [0.5, 0.6) is 0 Å². The largest absolute Gasteiger partial charge is 0.327 e. The minimum absolute atomic E-state index is 0.584. The molecule has 0 fully saturated rings. The van der Waals surface area contributed by atoms with Crippen molar-refractivity contribution < 1.29 is 8.78 Å². The molecule has 0 radical (unpaired) electrons. The third-order valence-corrected chi connectivity index (χ3v) is 4.74. The molecule has 0 unspecified atom stereocenters. The van der Waals surface area contributed by atoms with Crippen molar-refractivity contribution in [1.29, 1.82) is 0 Å². The zero-order chi connectivity index (χ0) is 17.0. The summed E-state index contributed by atoms with van der Waals surface area (Å²) in [5.41, 5.74) is 4.13. The van der Waals surface area contributed by atoms with Gasteiger partial charge in [-0.1, -0.05) is 12.1 Å². The lowest BCUT2D eigenvalue weighted by atomic mass is 10.0. The Kier molecular flexibility index (Phi) is 3.00. The predicted octanol–water partition coefficient (Wildman–Crippen LogP) is 4.32. The maximum Gasteiger partial charge on any atom is 0.159 e. The summed E-state index contributed by atoms with van der Waals surface area (Å²) in [4.78, 5) is 4.72. The molecule has 2 aromatic carbocycles. The fraction of sp³-hybridized carbons (Fsp3) is 0.158. The Labute approximate surface area is 142 Å². The van der Waals surface area contributed by atoms with Crippen LogP contribution >= 0.6 is 0 Å². The van der Waals surface area contributed by atoms with Crippen LogP contribution in [0, 0.1) is 11.6 Å². The van der Waals surface area contributed by atoms with Crippen molar-refractivity contribution in [1.82, 2.24) is 19.7 Å². The van der Waals surface area contributed by atoms with Crippen molar-refractivity contribution in [2.24, 2.45) is 0 Å². The first-order chi connectivity index (χ1) is 12.2. The lowest BCUT2D eigenvalue weighted by Gasteiger charge is -2.09. The number of aryl methyl sites for hydroxylation is 1. The van der Waals surface area contributed by atoms with E-state index in [4.69, 9.17) is 4.98 Å². The Bertz CT molecular complexity index is 1110. The first-order valence-corrected chi connectivity index (χ1v) is 8.19. The van der Waals surface area contributed by atoms with E-state index < -0.39 is 11.6 Å². The second-order valence-corrected chi connectivity index (χ2v) is 6.28. The van der Waals surface area contributed by atoms with Crippen LogP contribution in [0.4, 0.5) is 8.78 Å². The summed E-state index contributed by atoms with van der Waals surface area (Å²) in [6, 6.07) is 9.98. The molecule has 0 atom stereocenters. The lowest BCUT2D eigenvalue weighted by Crippen LogP contribution is -1.96. The van der Waals surface area contributed by atoms with Crippen LogP contribution in [-0.2, 0) is 13.0 Å². The molecule has 6 heteroatoms. The van der Waals surface area contributed by atoms with Gasteiger partial charge in [0.05, 0.1) is 23.1 Å². The van der Waals surface area contributed by atoms with Gasteiger partial charge in [-0.3, -0.25) is 5.10 Å². The first kappa shape index (κ1) is 14.3. The quantitative estimate of drug-likeness (QED) is 0.593. The molecule has 0 aliphatic carbocycles. The van der Waals surface area contributed by atoms with Crippen molar-refractivity contribution in [2.45, 2.75) is 19.4 Å². The topological polar surface area (TPSA) is 46.5 Å². The minimum atomic E-state index is -0.861. The number of aromatic nitrogens is 4. The van der Waals surface area contributed by atoms with Crippen LogP contribution in [0.1, 0.15) is 12.2 Å². The molecule has 3 heterocycles. The number of halogens is 2. The maximum absolute atomic E-state index is 13.7. The molecular formula is C19H14F2N4. The standard InChI is InChI=1S/C19H14F2N4/c20-14-6-5-11(8-15(14)21)18-19(25-7-1-2-17(25)23-18)12-3-4-13-10-22-24-16(13)9-12/h3-6,8-10H,1-2,7H2,(H,22,24). The van der Waals surface area contributed by atoms with Crippen molar-refractivity contribution in [3.63, 3.8) is 0 Å². The summed E-state index contributed by atoms with van der Waals surface area (Å²) >= 11 is 0. The maximum atomic E-state index is 13.7. The Morgan fingerprint density at radius 2 is 1.88 bits per heavy atom. The number of fused-ring (bicyclic) bond motifs is 2. The average Bonchev–Trinajstić information content (AvgIpc) is 3.31. The van der Waals surface area contributed by atoms with E-state index in [1.165, 1.54) is 6.07 Å². The number of aromatic amines is 1. The van der Waals surface area contributed by atoms with E-state index in [1.54, 1.807) is 12.3 Å². The van der Waals surface area contributed by atoms with Gasteiger partial charge in [-0.15, -0.1) is 0 Å². The summed E-state index contributed by atoms with van der Waals surface area (Å²) in [7, 11) is 0. The normalized spacial score (nSPS) is 13.5. The van der Waals surface area contributed by atoms with Gasteiger partial charge in [0, 0.05) is 29.5 Å². The van der Waals surface area contributed by atoms with Gasteiger partial charge in [-0.25, -0.2) is 13.8 Å². The molecule has 1 N–H and O–H groups in total. The number of imidazole rings is 1. The minimum Gasteiger partial charge on any atom is -0.327 e. The second kappa shape index (κ2) is 5.24.